The molecule has 3 aromatic heterocycles. The lowest BCUT2D eigenvalue weighted by Crippen LogP contribution is -2.05. The number of nitrogens with one attached hydrogen (secondary N) is 1. The van der Waals surface area contributed by atoms with Crippen LogP contribution in [-0.2, 0) is 0 Å². The Morgan fingerprint density at radius 3 is 2.91 bits per heavy atom. The van der Waals surface area contributed by atoms with Crippen molar-refractivity contribution in [3.8, 4) is 11.8 Å². The first-order valence-corrected chi connectivity index (χ1v) is 6.96. The predicted molar refractivity (Wildman–Crippen MR) is 80.6 cm³/mol. The molecule has 0 unspecified atom stereocenters. The van der Waals surface area contributed by atoms with Crippen LogP contribution in [0.1, 0.15) is 24.4 Å². The molecule has 0 saturated carbocycles. The van der Waals surface area contributed by atoms with Crippen molar-refractivity contribution in [2.24, 2.45) is 0 Å². The first-order valence-electron chi connectivity index (χ1n) is 6.96. The van der Waals surface area contributed by atoms with E-state index in [1.807, 2.05) is 6.92 Å². The van der Waals surface area contributed by atoms with Crippen molar-refractivity contribution in [1.29, 1.82) is 5.26 Å². The molecule has 0 fully saturated rings. The van der Waals surface area contributed by atoms with Crippen LogP contribution in [0.15, 0.2) is 36.8 Å². The Hall–Kier alpha value is -3.47. The van der Waals surface area contributed by atoms with Crippen LogP contribution in [0.4, 0.5) is 0 Å². The third kappa shape index (κ3) is 2.24. The summed E-state index contributed by atoms with van der Waals surface area (Å²) in [6, 6.07) is 8.99. The Morgan fingerprint density at radius 2 is 2.13 bits per heavy atom. The highest BCUT2D eigenvalue weighted by molar-refractivity contribution is 5.87. The van der Waals surface area contributed by atoms with E-state index in [0.717, 1.165) is 5.39 Å². The second-order valence-corrected chi connectivity index (χ2v) is 5.01. The minimum absolute atomic E-state index is 0.343. The van der Waals surface area contributed by atoms with Crippen LogP contribution >= 0.6 is 0 Å². The fourth-order valence-corrected chi connectivity index (χ4v) is 2.29. The van der Waals surface area contributed by atoms with E-state index in [0.29, 0.717) is 28.4 Å². The lowest BCUT2D eigenvalue weighted by Gasteiger charge is -2.11. The van der Waals surface area contributed by atoms with Crippen LogP contribution in [0.3, 0.4) is 0 Å². The fourth-order valence-electron chi connectivity index (χ4n) is 2.29. The molecule has 23 heavy (non-hydrogen) atoms. The van der Waals surface area contributed by atoms with Crippen LogP contribution in [0.5, 0.6) is 5.75 Å². The van der Waals surface area contributed by atoms with Crippen LogP contribution in [0.25, 0.3) is 16.7 Å². The van der Waals surface area contributed by atoms with Crippen molar-refractivity contribution in [1.82, 2.24) is 29.8 Å². The van der Waals surface area contributed by atoms with Crippen LogP contribution in [-0.4, -0.2) is 29.8 Å². The van der Waals surface area contributed by atoms with Crippen LogP contribution in [0.2, 0.25) is 0 Å². The second-order valence-electron chi connectivity index (χ2n) is 5.01. The highest BCUT2D eigenvalue weighted by Crippen LogP contribution is 2.22. The maximum atomic E-state index is 8.81. The molecule has 8 nitrogen and oxygen atoms in total. The predicted octanol–water partition coefficient (Wildman–Crippen LogP) is 2.01. The molecule has 0 spiro atoms. The summed E-state index contributed by atoms with van der Waals surface area (Å²) in [6.07, 6.45) is 2.91. The van der Waals surface area contributed by atoms with Crippen molar-refractivity contribution in [2.45, 2.75) is 13.0 Å². The van der Waals surface area contributed by atoms with Crippen molar-refractivity contribution >= 4 is 16.7 Å². The normalized spacial score (nSPS) is 12.3. The monoisotopic (exact) mass is 305 g/mol. The van der Waals surface area contributed by atoms with Gasteiger partial charge < -0.3 is 4.74 Å². The molecule has 1 N–H and O–H groups in total. The molecule has 0 amide bonds. The van der Waals surface area contributed by atoms with Gasteiger partial charge in [-0.2, -0.15) is 10.4 Å². The maximum Gasteiger partial charge on any atom is 0.192 e. The van der Waals surface area contributed by atoms with Gasteiger partial charge in [0.1, 0.15) is 12.1 Å². The molecule has 3 heterocycles. The first kappa shape index (κ1) is 13.2. The van der Waals surface area contributed by atoms with Crippen LogP contribution in [0, 0.1) is 11.3 Å². The third-order valence-electron chi connectivity index (χ3n) is 3.46. The zero-order chi connectivity index (χ0) is 15.8. The zero-order valence-electron chi connectivity index (χ0n) is 12.1. The van der Waals surface area contributed by atoms with E-state index in [2.05, 4.69) is 31.3 Å². The van der Waals surface area contributed by atoms with Gasteiger partial charge in [-0.3, -0.25) is 5.10 Å². The topological polar surface area (TPSA) is 105 Å². The van der Waals surface area contributed by atoms with Crippen molar-refractivity contribution in [3.05, 3.63) is 48.2 Å². The smallest absolute Gasteiger partial charge is 0.192 e. The summed E-state index contributed by atoms with van der Waals surface area (Å²) in [5.74, 6) is 1.20. The summed E-state index contributed by atoms with van der Waals surface area (Å²) in [6.45, 7) is 1.87. The van der Waals surface area contributed by atoms with Gasteiger partial charge in [-0.25, -0.2) is 14.5 Å². The van der Waals surface area contributed by atoms with E-state index in [9.17, 15) is 0 Å². The summed E-state index contributed by atoms with van der Waals surface area (Å²) < 4.78 is 7.43. The number of rotatable bonds is 3. The maximum absolute atomic E-state index is 8.81. The van der Waals surface area contributed by atoms with E-state index in [4.69, 9.17) is 10.00 Å². The number of ether oxygens (including phenoxy) is 1. The lowest BCUT2D eigenvalue weighted by molar-refractivity contribution is 0.216. The highest BCUT2D eigenvalue weighted by atomic mass is 16.5. The first-order chi connectivity index (χ1) is 11.2. The summed E-state index contributed by atoms with van der Waals surface area (Å²) >= 11 is 0. The Kier molecular flexibility index (Phi) is 2.91. The molecule has 4 aromatic rings. The molecule has 0 radical (unpaired) electrons. The summed E-state index contributed by atoms with van der Waals surface area (Å²) in [4.78, 5) is 8.73. The average Bonchev–Trinajstić information content (AvgIpc) is 3.21. The SMILES string of the molecule is C[C@H](Oc1ccc(C#N)cc1)c1nc2c3cn[nH]c3ncn2n1. The van der Waals surface area contributed by atoms with Gasteiger partial charge in [-0.1, -0.05) is 0 Å². The van der Waals surface area contributed by atoms with Gasteiger partial charge in [0, 0.05) is 0 Å². The van der Waals surface area contributed by atoms with Crippen molar-refractivity contribution < 1.29 is 4.74 Å². The minimum Gasteiger partial charge on any atom is -0.483 e. The molecule has 112 valence electrons. The molecule has 1 aromatic carbocycles. The number of H-pyrrole nitrogens is 1. The highest BCUT2D eigenvalue weighted by Gasteiger charge is 2.16. The summed E-state index contributed by atoms with van der Waals surface area (Å²) in [5, 5.41) is 20.8. The Morgan fingerprint density at radius 1 is 1.30 bits per heavy atom. The largest absolute Gasteiger partial charge is 0.483 e. The molecule has 0 bridgehead atoms. The molecule has 0 aliphatic rings. The number of aromatic amines is 1. The molecule has 0 aliphatic heterocycles. The number of hydrogen-bond acceptors (Lipinski definition) is 6. The Labute approximate surface area is 130 Å². The van der Waals surface area contributed by atoms with Gasteiger partial charge in [-0.15, -0.1) is 5.10 Å². The van der Waals surface area contributed by atoms with Crippen LogP contribution < -0.4 is 4.74 Å². The average molecular weight is 305 g/mol. The standard InChI is InChI=1S/C15H11N7O/c1-9(23-11-4-2-10(6-16)3-5-11)13-19-15-12-7-18-20-14(12)17-8-22(15)21-13/h2-5,7-9H,1H3,(H,18,20)/t9-/m0/s1. The minimum atomic E-state index is -0.343. The Bertz CT molecular complexity index is 1030. The third-order valence-corrected chi connectivity index (χ3v) is 3.46. The van der Waals surface area contributed by atoms with Gasteiger partial charge in [-0.05, 0) is 31.2 Å². The number of hydrogen-bond donors (Lipinski definition) is 1. The fraction of sp³-hybridized carbons (Fsp3) is 0.133. The number of fused-ring (bicyclic) bond motifs is 3. The lowest BCUT2D eigenvalue weighted by atomic mass is 10.2. The van der Waals surface area contributed by atoms with E-state index in [1.54, 1.807) is 41.3 Å². The van der Waals surface area contributed by atoms with E-state index in [1.165, 1.54) is 0 Å². The number of nitrogens with zero attached hydrogens (tertiary/aromatic N) is 6. The van der Waals surface area contributed by atoms with E-state index in [-0.39, 0.29) is 6.10 Å². The van der Waals surface area contributed by atoms with Crippen molar-refractivity contribution in [2.75, 3.05) is 0 Å². The van der Waals surface area contributed by atoms with E-state index >= 15 is 0 Å². The van der Waals surface area contributed by atoms with Gasteiger partial charge in [0.25, 0.3) is 0 Å². The van der Waals surface area contributed by atoms with Gasteiger partial charge in [0.2, 0.25) is 0 Å². The van der Waals surface area contributed by atoms with Gasteiger partial charge >= 0.3 is 0 Å². The van der Waals surface area contributed by atoms with E-state index < -0.39 is 0 Å². The molecule has 0 saturated heterocycles. The molecule has 0 aliphatic carbocycles. The molecular weight excluding hydrogens is 294 g/mol. The second kappa shape index (κ2) is 5.06. The van der Waals surface area contributed by atoms with Gasteiger partial charge in [0.05, 0.1) is 23.2 Å². The molecular formula is C15H11N7O. The van der Waals surface area contributed by atoms with Gasteiger partial charge in [0.15, 0.2) is 23.2 Å². The molecule has 4 rings (SSSR count). The zero-order valence-corrected chi connectivity index (χ0v) is 12.1. The number of nitriles is 1. The number of benzene rings is 1. The van der Waals surface area contributed by atoms with Crippen molar-refractivity contribution in [3.63, 3.8) is 0 Å². The summed E-state index contributed by atoms with van der Waals surface area (Å²) in [7, 11) is 0. The Balaban J connectivity index is 1.66. The molecule has 1 atom stereocenters. The summed E-state index contributed by atoms with van der Waals surface area (Å²) in [5.41, 5.74) is 1.93. The quantitative estimate of drug-likeness (QED) is 0.620. The molecule has 8 heteroatoms. The number of aromatic nitrogens is 6.